The van der Waals surface area contributed by atoms with E-state index < -0.39 is 0 Å². The molecule has 0 radical (unpaired) electrons. The van der Waals surface area contributed by atoms with Gasteiger partial charge < -0.3 is 14.4 Å². The molecule has 1 aromatic rings. The minimum atomic E-state index is 0.195. The third-order valence-corrected chi connectivity index (χ3v) is 3.98. The van der Waals surface area contributed by atoms with Crippen molar-refractivity contribution >= 4 is 5.91 Å². The molecule has 1 fully saturated rings. The first-order chi connectivity index (χ1) is 11.3. The van der Waals surface area contributed by atoms with Crippen molar-refractivity contribution in [2.24, 2.45) is 0 Å². The van der Waals surface area contributed by atoms with Gasteiger partial charge in [-0.1, -0.05) is 30.3 Å². The van der Waals surface area contributed by atoms with Crippen molar-refractivity contribution in [3.8, 4) is 0 Å². The number of nitrogens with zero attached hydrogens (tertiary/aromatic N) is 2. The van der Waals surface area contributed by atoms with Gasteiger partial charge in [-0.3, -0.25) is 9.69 Å². The molecule has 0 spiro atoms. The van der Waals surface area contributed by atoms with Gasteiger partial charge in [0.1, 0.15) is 0 Å². The first kappa shape index (κ1) is 17.9. The molecule has 23 heavy (non-hydrogen) atoms. The van der Waals surface area contributed by atoms with Crippen LogP contribution in [0.3, 0.4) is 0 Å². The lowest BCUT2D eigenvalue weighted by Crippen LogP contribution is -2.45. The summed E-state index contributed by atoms with van der Waals surface area (Å²) in [6.45, 7) is 5.59. The van der Waals surface area contributed by atoms with Gasteiger partial charge in [0, 0.05) is 26.2 Å². The molecule has 1 aliphatic rings. The summed E-state index contributed by atoms with van der Waals surface area (Å²) in [7, 11) is 1.99. The second-order valence-corrected chi connectivity index (χ2v) is 5.93. The number of benzene rings is 1. The standard InChI is InChI=1S/C18H28N2O3/c1-19(16-18(21)20-10-14-23-15-11-20)9-5-12-22-13-8-17-6-3-2-4-7-17/h2-4,6-7H,5,8-16H2,1H3. The Bertz CT molecular complexity index is 447. The van der Waals surface area contributed by atoms with Crippen LogP contribution in [0.25, 0.3) is 0 Å². The summed E-state index contributed by atoms with van der Waals surface area (Å²) in [6, 6.07) is 10.4. The largest absolute Gasteiger partial charge is 0.381 e. The third kappa shape index (κ3) is 7.12. The molecule has 0 bridgehead atoms. The van der Waals surface area contributed by atoms with Gasteiger partial charge in [0.15, 0.2) is 0 Å². The zero-order valence-corrected chi connectivity index (χ0v) is 14.1. The van der Waals surface area contributed by atoms with Gasteiger partial charge in [0.25, 0.3) is 0 Å². The lowest BCUT2D eigenvalue weighted by molar-refractivity contribution is -0.136. The molecule has 1 heterocycles. The minimum absolute atomic E-state index is 0.195. The Balaban J connectivity index is 1.49. The van der Waals surface area contributed by atoms with Crippen LogP contribution in [0.1, 0.15) is 12.0 Å². The number of morpholine rings is 1. The van der Waals surface area contributed by atoms with E-state index in [0.717, 1.165) is 45.7 Å². The van der Waals surface area contributed by atoms with Crippen LogP contribution in [0.5, 0.6) is 0 Å². The van der Waals surface area contributed by atoms with E-state index in [4.69, 9.17) is 9.47 Å². The molecule has 0 unspecified atom stereocenters. The number of hydrogen-bond acceptors (Lipinski definition) is 4. The number of rotatable bonds is 9. The van der Waals surface area contributed by atoms with E-state index in [0.29, 0.717) is 19.8 Å². The number of hydrogen-bond donors (Lipinski definition) is 0. The van der Waals surface area contributed by atoms with E-state index >= 15 is 0 Å². The minimum Gasteiger partial charge on any atom is -0.381 e. The molecule has 1 amide bonds. The van der Waals surface area contributed by atoms with Crippen LogP contribution in [0.15, 0.2) is 30.3 Å². The molecule has 128 valence electrons. The molecule has 0 saturated carbocycles. The summed E-state index contributed by atoms with van der Waals surface area (Å²) < 4.78 is 10.9. The van der Waals surface area contributed by atoms with E-state index in [1.807, 2.05) is 18.0 Å². The summed E-state index contributed by atoms with van der Waals surface area (Å²) in [5, 5.41) is 0. The Kier molecular flexibility index (Phi) is 8.07. The highest BCUT2D eigenvalue weighted by molar-refractivity contribution is 5.78. The Labute approximate surface area is 139 Å². The quantitative estimate of drug-likeness (QED) is 0.646. The molecule has 5 heteroatoms. The first-order valence-electron chi connectivity index (χ1n) is 8.41. The van der Waals surface area contributed by atoms with E-state index in [9.17, 15) is 4.79 Å². The average molecular weight is 320 g/mol. The van der Waals surface area contributed by atoms with Crippen molar-refractivity contribution in [1.29, 1.82) is 0 Å². The van der Waals surface area contributed by atoms with Crippen LogP contribution >= 0.6 is 0 Å². The smallest absolute Gasteiger partial charge is 0.236 e. The lowest BCUT2D eigenvalue weighted by Gasteiger charge is -2.28. The Morgan fingerprint density at radius 2 is 1.96 bits per heavy atom. The van der Waals surface area contributed by atoms with Crippen molar-refractivity contribution in [1.82, 2.24) is 9.80 Å². The van der Waals surface area contributed by atoms with Crippen LogP contribution in [0.2, 0.25) is 0 Å². The maximum atomic E-state index is 12.1. The van der Waals surface area contributed by atoms with Gasteiger partial charge in [0.2, 0.25) is 5.91 Å². The highest BCUT2D eigenvalue weighted by atomic mass is 16.5. The number of carbonyl (C=O) groups excluding carboxylic acids is 1. The van der Waals surface area contributed by atoms with Gasteiger partial charge in [-0.25, -0.2) is 0 Å². The fraction of sp³-hybridized carbons (Fsp3) is 0.611. The summed E-state index contributed by atoms with van der Waals surface area (Å²) in [5.41, 5.74) is 1.31. The summed E-state index contributed by atoms with van der Waals surface area (Å²) in [6.07, 6.45) is 1.90. The zero-order valence-electron chi connectivity index (χ0n) is 14.1. The average Bonchev–Trinajstić information content (AvgIpc) is 2.59. The van der Waals surface area contributed by atoms with Gasteiger partial charge in [-0.2, -0.15) is 0 Å². The van der Waals surface area contributed by atoms with Gasteiger partial charge in [-0.05, 0) is 25.5 Å². The molecule has 1 saturated heterocycles. The Morgan fingerprint density at radius 3 is 2.70 bits per heavy atom. The first-order valence-corrected chi connectivity index (χ1v) is 8.41. The van der Waals surface area contributed by atoms with Gasteiger partial charge >= 0.3 is 0 Å². The van der Waals surface area contributed by atoms with Crippen molar-refractivity contribution in [2.75, 3.05) is 59.7 Å². The molecule has 0 aliphatic carbocycles. The maximum Gasteiger partial charge on any atom is 0.236 e. The van der Waals surface area contributed by atoms with Crippen LogP contribution in [-0.4, -0.2) is 75.4 Å². The van der Waals surface area contributed by atoms with Crippen molar-refractivity contribution in [2.45, 2.75) is 12.8 Å². The van der Waals surface area contributed by atoms with E-state index in [-0.39, 0.29) is 5.91 Å². The normalized spacial score (nSPS) is 15.1. The molecular formula is C18H28N2O3. The monoisotopic (exact) mass is 320 g/mol. The fourth-order valence-electron chi connectivity index (χ4n) is 2.60. The molecule has 1 aliphatic heterocycles. The van der Waals surface area contributed by atoms with Gasteiger partial charge in [0.05, 0.1) is 26.4 Å². The molecule has 0 atom stereocenters. The maximum absolute atomic E-state index is 12.1. The summed E-state index contributed by atoms with van der Waals surface area (Å²) in [4.78, 5) is 16.1. The topological polar surface area (TPSA) is 42.0 Å². The fourth-order valence-corrected chi connectivity index (χ4v) is 2.60. The number of carbonyl (C=O) groups is 1. The molecule has 2 rings (SSSR count). The molecule has 0 N–H and O–H groups in total. The second-order valence-electron chi connectivity index (χ2n) is 5.93. The van der Waals surface area contributed by atoms with Crippen molar-refractivity contribution < 1.29 is 14.3 Å². The highest BCUT2D eigenvalue weighted by Gasteiger charge is 2.17. The molecular weight excluding hydrogens is 292 g/mol. The zero-order chi connectivity index (χ0) is 16.3. The highest BCUT2D eigenvalue weighted by Crippen LogP contribution is 2.01. The van der Waals surface area contributed by atoms with Crippen LogP contribution in [0.4, 0.5) is 0 Å². The predicted molar refractivity (Wildman–Crippen MR) is 90.5 cm³/mol. The van der Waals surface area contributed by atoms with Crippen LogP contribution in [-0.2, 0) is 20.7 Å². The van der Waals surface area contributed by atoms with Crippen LogP contribution < -0.4 is 0 Å². The Morgan fingerprint density at radius 1 is 1.22 bits per heavy atom. The van der Waals surface area contributed by atoms with E-state index in [1.54, 1.807) is 0 Å². The van der Waals surface area contributed by atoms with E-state index in [1.165, 1.54) is 5.56 Å². The number of amides is 1. The second kappa shape index (κ2) is 10.4. The van der Waals surface area contributed by atoms with Crippen LogP contribution in [0, 0.1) is 0 Å². The van der Waals surface area contributed by atoms with Crippen molar-refractivity contribution in [3.05, 3.63) is 35.9 Å². The lowest BCUT2D eigenvalue weighted by atomic mass is 10.2. The van der Waals surface area contributed by atoms with E-state index in [2.05, 4.69) is 29.2 Å². The SMILES string of the molecule is CN(CCCOCCc1ccccc1)CC(=O)N1CCOCC1. The summed E-state index contributed by atoms with van der Waals surface area (Å²) >= 11 is 0. The van der Waals surface area contributed by atoms with Gasteiger partial charge in [-0.15, -0.1) is 0 Å². The molecule has 0 aromatic heterocycles. The van der Waals surface area contributed by atoms with Crippen molar-refractivity contribution in [3.63, 3.8) is 0 Å². The third-order valence-electron chi connectivity index (χ3n) is 3.98. The number of likely N-dealkylation sites (N-methyl/N-ethyl adjacent to an activating group) is 1. The Hall–Kier alpha value is -1.43. The molecule has 5 nitrogen and oxygen atoms in total. The predicted octanol–water partition coefficient (Wildman–Crippen LogP) is 1.43. The molecule has 1 aromatic carbocycles. The summed E-state index contributed by atoms with van der Waals surface area (Å²) in [5.74, 6) is 0.195. The number of ether oxygens (including phenoxy) is 2.